The van der Waals surface area contributed by atoms with E-state index in [1.54, 1.807) is 18.2 Å². The summed E-state index contributed by atoms with van der Waals surface area (Å²) in [7, 11) is 0. The Morgan fingerprint density at radius 3 is 2.71 bits per heavy atom. The quantitative estimate of drug-likeness (QED) is 0.790. The zero-order chi connectivity index (χ0) is 15.7. The number of aliphatic hydroxyl groups is 1. The first-order valence-electron chi connectivity index (χ1n) is 7.53. The van der Waals surface area contributed by atoms with Crippen LogP contribution in [-0.2, 0) is 0 Å². The molecule has 0 aliphatic carbocycles. The zero-order valence-electron chi connectivity index (χ0n) is 13.1. The number of hydrogen-bond acceptors (Lipinski definition) is 2. The Morgan fingerprint density at radius 2 is 2.05 bits per heavy atom. The fourth-order valence-corrected chi connectivity index (χ4v) is 2.09. The highest BCUT2D eigenvalue weighted by molar-refractivity contribution is 5.94. The molecule has 0 heterocycles. The third-order valence-corrected chi connectivity index (χ3v) is 3.23. The van der Waals surface area contributed by atoms with Gasteiger partial charge in [-0.2, -0.15) is 0 Å². The summed E-state index contributed by atoms with van der Waals surface area (Å²) >= 11 is 0. The average Bonchev–Trinajstić information content (AvgIpc) is 2.45. The van der Waals surface area contributed by atoms with Gasteiger partial charge in [-0.3, -0.25) is 4.79 Å². The molecule has 3 heteroatoms. The molecule has 1 aromatic carbocycles. The maximum Gasteiger partial charge on any atom is 0.251 e. The molecule has 114 valence electrons. The number of aliphatic hydroxyl groups excluding tert-OH is 1. The van der Waals surface area contributed by atoms with Crippen LogP contribution in [0.4, 0.5) is 0 Å². The molecule has 0 aromatic heterocycles. The zero-order valence-corrected chi connectivity index (χ0v) is 13.1. The van der Waals surface area contributed by atoms with Gasteiger partial charge in [-0.1, -0.05) is 44.6 Å². The van der Waals surface area contributed by atoms with E-state index in [1.165, 1.54) is 6.42 Å². The van der Waals surface area contributed by atoms with E-state index in [9.17, 15) is 4.79 Å². The van der Waals surface area contributed by atoms with Crippen LogP contribution in [0.5, 0.6) is 0 Å². The number of amides is 1. The van der Waals surface area contributed by atoms with Crippen LogP contribution in [-0.4, -0.2) is 23.7 Å². The average molecular weight is 287 g/mol. The maximum atomic E-state index is 12.2. The van der Waals surface area contributed by atoms with Gasteiger partial charge in [0.2, 0.25) is 0 Å². The largest absolute Gasteiger partial charge is 0.384 e. The highest BCUT2D eigenvalue weighted by Crippen LogP contribution is 2.09. The van der Waals surface area contributed by atoms with Crippen LogP contribution in [0.25, 0.3) is 0 Å². The molecule has 0 fully saturated rings. The van der Waals surface area contributed by atoms with Crippen LogP contribution in [0.3, 0.4) is 0 Å². The molecule has 3 nitrogen and oxygen atoms in total. The van der Waals surface area contributed by atoms with Crippen molar-refractivity contribution in [1.82, 2.24) is 5.32 Å². The van der Waals surface area contributed by atoms with Crippen LogP contribution in [0.2, 0.25) is 0 Å². The molecule has 1 unspecified atom stereocenters. The van der Waals surface area contributed by atoms with Crippen molar-refractivity contribution in [3.8, 4) is 11.8 Å². The minimum atomic E-state index is -0.177. The van der Waals surface area contributed by atoms with Gasteiger partial charge in [0.15, 0.2) is 0 Å². The summed E-state index contributed by atoms with van der Waals surface area (Å²) < 4.78 is 0. The summed E-state index contributed by atoms with van der Waals surface area (Å²) in [6, 6.07) is 7.33. The van der Waals surface area contributed by atoms with Crippen molar-refractivity contribution in [3.05, 3.63) is 35.4 Å². The van der Waals surface area contributed by atoms with Crippen molar-refractivity contribution in [2.24, 2.45) is 5.92 Å². The first-order valence-corrected chi connectivity index (χ1v) is 7.53. The number of benzene rings is 1. The topological polar surface area (TPSA) is 49.3 Å². The smallest absolute Gasteiger partial charge is 0.251 e. The molecular weight excluding hydrogens is 262 g/mol. The molecular formula is C18H25NO2. The van der Waals surface area contributed by atoms with Gasteiger partial charge in [-0.05, 0) is 37.5 Å². The van der Waals surface area contributed by atoms with Gasteiger partial charge in [0.05, 0.1) is 0 Å². The molecule has 1 atom stereocenters. The summed E-state index contributed by atoms with van der Waals surface area (Å²) in [5, 5.41) is 11.7. The standard InChI is InChI=1S/C18H25NO2/c1-14(2)7-4-8-15(3)19-18(21)17-11-5-9-16(13-17)10-6-12-20/h5,9,11,13-15,20H,4,7-8,12H2,1-3H3,(H,19,21). The Bertz CT molecular complexity index is 511. The molecule has 2 N–H and O–H groups in total. The lowest BCUT2D eigenvalue weighted by atomic mass is 10.0. The van der Waals surface area contributed by atoms with E-state index in [-0.39, 0.29) is 18.6 Å². The molecule has 1 amide bonds. The van der Waals surface area contributed by atoms with Crippen LogP contribution in [0.15, 0.2) is 24.3 Å². The first-order chi connectivity index (χ1) is 10.0. The molecule has 0 radical (unpaired) electrons. The third-order valence-electron chi connectivity index (χ3n) is 3.23. The van der Waals surface area contributed by atoms with Crippen LogP contribution >= 0.6 is 0 Å². The molecule has 0 saturated heterocycles. The summed E-state index contributed by atoms with van der Waals surface area (Å²) in [6.45, 7) is 6.28. The molecule has 21 heavy (non-hydrogen) atoms. The number of nitrogens with one attached hydrogen (secondary N) is 1. The second-order valence-electron chi connectivity index (χ2n) is 5.74. The van der Waals surface area contributed by atoms with Crippen LogP contribution in [0, 0.1) is 17.8 Å². The van der Waals surface area contributed by atoms with Crippen molar-refractivity contribution in [2.45, 2.75) is 46.1 Å². The van der Waals surface area contributed by atoms with E-state index < -0.39 is 0 Å². The van der Waals surface area contributed by atoms with Crippen molar-refractivity contribution < 1.29 is 9.90 Å². The number of rotatable bonds is 6. The molecule has 0 aliphatic heterocycles. The Labute approximate surface area is 127 Å². The van der Waals surface area contributed by atoms with Crippen LogP contribution in [0.1, 0.15) is 56.0 Å². The maximum absolute atomic E-state index is 12.2. The first kappa shape index (κ1) is 17.3. The van der Waals surface area contributed by atoms with Gasteiger partial charge >= 0.3 is 0 Å². The predicted molar refractivity (Wildman–Crippen MR) is 86.0 cm³/mol. The Kier molecular flexibility index (Phi) is 7.56. The van der Waals surface area contributed by atoms with E-state index in [4.69, 9.17) is 5.11 Å². The molecule has 0 bridgehead atoms. The van der Waals surface area contributed by atoms with E-state index in [0.717, 1.165) is 18.4 Å². The van der Waals surface area contributed by atoms with Gasteiger partial charge in [0.1, 0.15) is 6.61 Å². The third kappa shape index (κ3) is 6.97. The van der Waals surface area contributed by atoms with Crippen LogP contribution < -0.4 is 5.32 Å². The van der Waals surface area contributed by atoms with Crippen molar-refractivity contribution in [3.63, 3.8) is 0 Å². The summed E-state index contributed by atoms with van der Waals surface area (Å²) in [5.74, 6) is 6.03. The lowest BCUT2D eigenvalue weighted by molar-refractivity contribution is 0.0937. The summed E-state index contributed by atoms with van der Waals surface area (Å²) in [5.41, 5.74) is 1.35. The normalized spacial score (nSPS) is 11.7. The second kappa shape index (κ2) is 9.20. The van der Waals surface area contributed by atoms with Gasteiger partial charge in [-0.25, -0.2) is 0 Å². The summed E-state index contributed by atoms with van der Waals surface area (Å²) in [6.07, 6.45) is 3.31. The molecule has 1 rings (SSSR count). The Hall–Kier alpha value is -1.79. The van der Waals surface area contributed by atoms with Gasteiger partial charge in [0.25, 0.3) is 5.91 Å². The van der Waals surface area contributed by atoms with E-state index in [0.29, 0.717) is 11.5 Å². The number of hydrogen-bond donors (Lipinski definition) is 2. The molecule has 0 spiro atoms. The van der Waals surface area contributed by atoms with Crippen molar-refractivity contribution >= 4 is 5.91 Å². The number of carbonyl (C=O) groups excluding carboxylic acids is 1. The number of carbonyl (C=O) groups is 1. The Morgan fingerprint density at radius 1 is 1.29 bits per heavy atom. The fourth-order valence-electron chi connectivity index (χ4n) is 2.09. The van der Waals surface area contributed by atoms with E-state index in [2.05, 4.69) is 31.0 Å². The molecule has 1 aromatic rings. The molecule has 0 saturated carbocycles. The monoisotopic (exact) mass is 287 g/mol. The highest BCUT2D eigenvalue weighted by atomic mass is 16.2. The SMILES string of the molecule is CC(C)CCCC(C)NC(=O)c1cccc(C#CCO)c1. The van der Waals surface area contributed by atoms with Gasteiger partial charge in [-0.15, -0.1) is 0 Å². The van der Waals surface area contributed by atoms with Gasteiger partial charge in [0, 0.05) is 17.2 Å². The fraction of sp³-hybridized carbons (Fsp3) is 0.500. The van der Waals surface area contributed by atoms with E-state index >= 15 is 0 Å². The van der Waals surface area contributed by atoms with Crippen molar-refractivity contribution in [2.75, 3.05) is 6.61 Å². The van der Waals surface area contributed by atoms with Crippen molar-refractivity contribution in [1.29, 1.82) is 0 Å². The summed E-state index contributed by atoms with van der Waals surface area (Å²) in [4.78, 5) is 12.2. The minimum Gasteiger partial charge on any atom is -0.384 e. The minimum absolute atomic E-state index is 0.0697. The lowest BCUT2D eigenvalue weighted by Gasteiger charge is -2.14. The highest BCUT2D eigenvalue weighted by Gasteiger charge is 2.10. The second-order valence-corrected chi connectivity index (χ2v) is 5.74. The lowest BCUT2D eigenvalue weighted by Crippen LogP contribution is -2.32. The van der Waals surface area contributed by atoms with E-state index in [1.807, 2.05) is 13.0 Å². The molecule has 0 aliphatic rings. The van der Waals surface area contributed by atoms with Gasteiger partial charge < -0.3 is 10.4 Å². The predicted octanol–water partition coefficient (Wildman–Crippen LogP) is 2.98. The Balaban J connectivity index is 2.55.